The second-order valence-electron chi connectivity index (χ2n) is 8.13. The predicted molar refractivity (Wildman–Crippen MR) is 130 cm³/mol. The fourth-order valence-electron chi connectivity index (χ4n) is 3.92. The molecule has 2 fully saturated rings. The summed E-state index contributed by atoms with van der Waals surface area (Å²) in [6.45, 7) is 2.76. The monoisotopic (exact) mass is 565 g/mol. The van der Waals surface area contributed by atoms with Crippen molar-refractivity contribution in [3.05, 3.63) is 41.7 Å². The van der Waals surface area contributed by atoms with Gasteiger partial charge in [0.1, 0.15) is 35.0 Å². The third kappa shape index (κ3) is 4.86. The lowest BCUT2D eigenvalue weighted by atomic mass is 9.93. The molecule has 0 bridgehead atoms. The van der Waals surface area contributed by atoms with Crippen LogP contribution in [0.25, 0.3) is 11.3 Å². The van der Waals surface area contributed by atoms with Crippen LogP contribution in [-0.4, -0.2) is 66.3 Å². The van der Waals surface area contributed by atoms with Crippen LogP contribution in [0.3, 0.4) is 0 Å². The van der Waals surface area contributed by atoms with Gasteiger partial charge in [0.15, 0.2) is 6.04 Å². The smallest absolute Gasteiger partial charge is 0.330 e. The van der Waals surface area contributed by atoms with Gasteiger partial charge in [0, 0.05) is 11.3 Å². The van der Waals surface area contributed by atoms with Crippen LogP contribution in [0.1, 0.15) is 23.0 Å². The van der Waals surface area contributed by atoms with Crippen molar-refractivity contribution < 1.29 is 23.6 Å². The molecule has 1 N–H and O–H groups in total. The number of esters is 1. The zero-order valence-electron chi connectivity index (χ0n) is 17.9. The molecule has 1 aromatic carbocycles. The van der Waals surface area contributed by atoms with Crippen molar-refractivity contribution in [2.75, 3.05) is 12.4 Å². The number of nitrogens with one attached hydrogen (secondary N) is 1. The third-order valence-corrected chi connectivity index (χ3v) is 7.92. The van der Waals surface area contributed by atoms with Gasteiger partial charge in [-0.3, -0.25) is 9.59 Å². The molecule has 4 rings (SSSR count). The molecule has 34 heavy (non-hydrogen) atoms. The van der Waals surface area contributed by atoms with E-state index < -0.39 is 50.5 Å². The van der Waals surface area contributed by atoms with Gasteiger partial charge < -0.3 is 19.5 Å². The summed E-state index contributed by atoms with van der Waals surface area (Å²) in [5, 5.41) is 6.24. The zero-order valence-corrected chi connectivity index (χ0v) is 21.7. The Morgan fingerprint density at radius 2 is 2.00 bits per heavy atom. The Bertz CT molecular complexity index is 1120. The van der Waals surface area contributed by atoms with Crippen LogP contribution in [0.2, 0.25) is 0 Å². The largest absolute Gasteiger partial charge is 0.460 e. The first-order chi connectivity index (χ1) is 15.9. The van der Waals surface area contributed by atoms with Crippen LogP contribution in [0, 0.1) is 6.92 Å². The molecular formula is C21H19Cl4N3O5S. The fraction of sp³-hybridized carbons (Fsp3) is 0.429. The molecule has 1 aromatic heterocycles. The number of nitrogens with zero attached hydrogens (tertiary/aromatic N) is 2. The van der Waals surface area contributed by atoms with Gasteiger partial charge in [-0.2, -0.15) is 0 Å². The van der Waals surface area contributed by atoms with E-state index in [0.717, 1.165) is 0 Å². The number of aryl methyl sites for hydroxylation is 1. The number of halogens is 4. The average molecular weight is 567 g/mol. The second kappa shape index (κ2) is 9.43. The average Bonchev–Trinajstić information content (AvgIpc) is 3.16. The highest BCUT2D eigenvalue weighted by atomic mass is 35.6. The quantitative estimate of drug-likeness (QED) is 0.332. The number of carbonyl (C=O) groups excluding carboxylic acids is 3. The summed E-state index contributed by atoms with van der Waals surface area (Å²) in [4.78, 5) is 39.2. The number of carbonyl (C=O) groups is 3. The first-order valence-electron chi connectivity index (χ1n) is 10.1. The molecular weight excluding hydrogens is 548 g/mol. The minimum atomic E-state index is -1.80. The lowest BCUT2D eigenvalue weighted by molar-refractivity contribution is -0.166. The summed E-state index contributed by atoms with van der Waals surface area (Å²) >= 11 is 24.9. The Morgan fingerprint density at radius 1 is 1.32 bits per heavy atom. The standard InChI is InChI=1S/C21H19Cl4N3O5S/c1-10-12(13(27-33-10)11-6-4-3-5-7-11)16(29)26-14-17(30)28-15(19(31)32-8-21(23,24)25)20(2,22)9-34-18(14)28/h3-7,14-15,18H,8-9H2,1-2H3,(H,26,29)/t14-,15+,18-,20-/m1/s1. The number of rotatable bonds is 5. The topological polar surface area (TPSA) is 102 Å². The molecule has 0 unspecified atom stereocenters. The number of benzene rings is 1. The van der Waals surface area contributed by atoms with E-state index in [2.05, 4.69) is 10.5 Å². The number of fused-ring (bicyclic) bond motifs is 1. The van der Waals surface area contributed by atoms with Crippen molar-refractivity contribution in [1.82, 2.24) is 15.4 Å². The highest BCUT2D eigenvalue weighted by Crippen LogP contribution is 2.45. The van der Waals surface area contributed by atoms with Gasteiger partial charge in [0.05, 0.1) is 4.87 Å². The van der Waals surface area contributed by atoms with Crippen LogP contribution in [-0.2, 0) is 14.3 Å². The summed E-state index contributed by atoms with van der Waals surface area (Å²) < 4.78 is 8.55. The molecule has 3 heterocycles. The number of thioether (sulfide) groups is 1. The van der Waals surface area contributed by atoms with E-state index in [1.165, 1.54) is 16.7 Å². The summed E-state index contributed by atoms with van der Waals surface area (Å²) in [6, 6.07) is 7.11. The second-order valence-corrected chi connectivity index (χ2v) is 12.6. The van der Waals surface area contributed by atoms with Crippen molar-refractivity contribution in [3.8, 4) is 11.3 Å². The third-order valence-electron chi connectivity index (χ3n) is 5.49. The maximum Gasteiger partial charge on any atom is 0.330 e. The van der Waals surface area contributed by atoms with Crippen molar-refractivity contribution in [3.63, 3.8) is 0 Å². The van der Waals surface area contributed by atoms with Crippen LogP contribution in [0.4, 0.5) is 0 Å². The normalized spacial score (nSPS) is 26.5. The first-order valence-corrected chi connectivity index (χ1v) is 12.7. The minimum absolute atomic E-state index is 0.235. The minimum Gasteiger partial charge on any atom is -0.460 e. The van der Waals surface area contributed by atoms with Gasteiger partial charge in [-0.25, -0.2) is 4.79 Å². The lowest BCUT2D eigenvalue weighted by Gasteiger charge is -2.56. The van der Waals surface area contributed by atoms with Gasteiger partial charge in [-0.1, -0.05) is 70.3 Å². The Hall–Kier alpha value is -1.65. The van der Waals surface area contributed by atoms with E-state index in [4.69, 9.17) is 55.7 Å². The van der Waals surface area contributed by atoms with E-state index in [-0.39, 0.29) is 5.56 Å². The number of β-lactam (4-membered cyclic amide) rings is 1. The molecule has 0 saturated carbocycles. The van der Waals surface area contributed by atoms with Crippen LogP contribution >= 0.6 is 58.2 Å². The molecule has 2 aliphatic heterocycles. The van der Waals surface area contributed by atoms with Crippen molar-refractivity contribution in [2.45, 2.75) is 40.0 Å². The zero-order chi connectivity index (χ0) is 24.8. The summed E-state index contributed by atoms with van der Waals surface area (Å²) in [6.07, 6.45) is 0. The van der Waals surface area contributed by atoms with E-state index >= 15 is 0 Å². The van der Waals surface area contributed by atoms with Gasteiger partial charge in [0.2, 0.25) is 9.70 Å². The van der Waals surface area contributed by atoms with Gasteiger partial charge in [-0.05, 0) is 13.8 Å². The Morgan fingerprint density at radius 3 is 2.65 bits per heavy atom. The van der Waals surface area contributed by atoms with Crippen LogP contribution in [0.5, 0.6) is 0 Å². The molecule has 4 atom stereocenters. The van der Waals surface area contributed by atoms with E-state index in [1.807, 2.05) is 18.2 Å². The maximum absolute atomic E-state index is 13.1. The molecule has 0 aliphatic carbocycles. The molecule has 2 aromatic rings. The number of hydrogen-bond acceptors (Lipinski definition) is 7. The number of ether oxygens (including phenoxy) is 1. The number of aromatic nitrogens is 1. The Balaban J connectivity index is 1.52. The Kier molecular flexibility index (Phi) is 7.05. The summed E-state index contributed by atoms with van der Waals surface area (Å²) in [7, 11) is 0. The van der Waals surface area contributed by atoms with E-state index in [1.54, 1.807) is 26.0 Å². The molecule has 0 radical (unpaired) electrons. The van der Waals surface area contributed by atoms with E-state index in [9.17, 15) is 14.4 Å². The highest BCUT2D eigenvalue weighted by Gasteiger charge is 2.61. The van der Waals surface area contributed by atoms with Gasteiger partial charge >= 0.3 is 5.97 Å². The van der Waals surface area contributed by atoms with Crippen molar-refractivity contribution >= 4 is 75.9 Å². The molecule has 2 aliphatic rings. The van der Waals surface area contributed by atoms with E-state index in [0.29, 0.717) is 22.8 Å². The summed E-state index contributed by atoms with van der Waals surface area (Å²) in [5.74, 6) is -1.12. The molecule has 2 amide bonds. The van der Waals surface area contributed by atoms with Gasteiger partial charge in [0.25, 0.3) is 5.91 Å². The summed E-state index contributed by atoms with van der Waals surface area (Å²) in [5.41, 5.74) is 1.31. The highest BCUT2D eigenvalue weighted by molar-refractivity contribution is 8.00. The maximum atomic E-state index is 13.1. The molecule has 182 valence electrons. The first kappa shape index (κ1) is 25.4. The molecule has 8 nitrogen and oxygen atoms in total. The fourth-order valence-corrected chi connectivity index (χ4v) is 5.89. The lowest BCUT2D eigenvalue weighted by Crippen LogP contribution is -2.78. The number of amides is 2. The van der Waals surface area contributed by atoms with Gasteiger partial charge in [-0.15, -0.1) is 23.4 Å². The van der Waals surface area contributed by atoms with Crippen molar-refractivity contribution in [1.29, 1.82) is 0 Å². The molecule has 0 spiro atoms. The predicted octanol–water partition coefficient (Wildman–Crippen LogP) is 3.94. The SMILES string of the molecule is Cc1onc(-c2ccccc2)c1C(=O)N[C@@H]1C(=O)N2[C@@H]1SC[C@@](C)(Cl)[C@@H]2C(=O)OCC(Cl)(Cl)Cl. The molecule has 13 heteroatoms. The van der Waals surface area contributed by atoms with Crippen molar-refractivity contribution in [2.24, 2.45) is 0 Å². The van der Waals surface area contributed by atoms with Crippen LogP contribution < -0.4 is 5.32 Å². The number of hydrogen-bond donors (Lipinski definition) is 1. The Labute approximate surface area is 219 Å². The van der Waals surface area contributed by atoms with Crippen LogP contribution in [0.15, 0.2) is 34.9 Å². The number of alkyl halides is 4. The molecule has 2 saturated heterocycles.